The minimum atomic E-state index is 0. The minimum Gasteiger partial charge on any atom is -0.226 e. The van der Waals surface area contributed by atoms with E-state index < -0.39 is 0 Å². The number of benzene rings is 4. The summed E-state index contributed by atoms with van der Waals surface area (Å²) in [6.45, 7) is 2.55. The van der Waals surface area contributed by atoms with Gasteiger partial charge in [-0.15, -0.1) is 17.2 Å². The summed E-state index contributed by atoms with van der Waals surface area (Å²) in [7, 11) is 0. The van der Waals surface area contributed by atoms with Crippen LogP contribution in [0.4, 0.5) is 0 Å². The molecule has 0 radical (unpaired) electrons. The molecule has 0 spiro atoms. The Kier molecular flexibility index (Phi) is 3.98. The van der Waals surface area contributed by atoms with Crippen LogP contribution in [0.1, 0.15) is 38.9 Å². The summed E-state index contributed by atoms with van der Waals surface area (Å²) in [6, 6.07) is 29.7. The quantitative estimate of drug-likeness (QED) is 0.290. The molecular weight excluding hydrogens is 354 g/mol. The van der Waals surface area contributed by atoms with Gasteiger partial charge in [0.15, 0.2) is 0 Å². The Balaban J connectivity index is 0.00000175. The first-order chi connectivity index (χ1) is 14.3. The van der Waals surface area contributed by atoms with Gasteiger partial charge in [-0.25, -0.2) is 11.1 Å². The standard InChI is InChI=1S/C28H19B.Li/c1-17-5-2-6-18(13-17)24-12-11-23-15-21-8-3-7-19-14-20-9-4-10-22-16-25(24)28(23)29(26(19)21)27(20)22;/h2-5,7-11,13H,14-16H2,1H3;/q-2;+1. The van der Waals surface area contributed by atoms with Crippen molar-refractivity contribution in [1.82, 2.24) is 0 Å². The van der Waals surface area contributed by atoms with Crippen molar-refractivity contribution >= 4 is 23.1 Å². The van der Waals surface area contributed by atoms with Crippen molar-refractivity contribution < 1.29 is 18.9 Å². The monoisotopic (exact) mass is 373 g/mol. The second-order valence-electron chi connectivity index (χ2n) is 8.80. The summed E-state index contributed by atoms with van der Waals surface area (Å²) in [6.07, 6.45) is 3.12. The predicted octanol–water partition coefficient (Wildman–Crippen LogP) is 0.495. The minimum absolute atomic E-state index is 0. The summed E-state index contributed by atoms with van der Waals surface area (Å²) in [5, 5.41) is 0. The summed E-state index contributed by atoms with van der Waals surface area (Å²) < 4.78 is 0. The maximum absolute atomic E-state index is 3.67. The molecule has 4 aromatic rings. The molecule has 7 rings (SSSR count). The van der Waals surface area contributed by atoms with Crippen LogP contribution in [0.25, 0.3) is 11.1 Å². The van der Waals surface area contributed by atoms with Crippen LogP contribution in [-0.2, 0) is 19.3 Å². The van der Waals surface area contributed by atoms with Crippen LogP contribution in [0.3, 0.4) is 0 Å². The van der Waals surface area contributed by atoms with Gasteiger partial charge in [-0.3, -0.25) is 0 Å². The normalized spacial score (nSPS) is 14.1. The zero-order chi connectivity index (χ0) is 19.1. The van der Waals surface area contributed by atoms with E-state index in [0.29, 0.717) is 6.71 Å². The average molecular weight is 373 g/mol. The van der Waals surface area contributed by atoms with Gasteiger partial charge in [0.25, 0.3) is 0 Å². The Morgan fingerprint density at radius 3 is 2.03 bits per heavy atom. The fourth-order valence-corrected chi connectivity index (χ4v) is 6.03. The van der Waals surface area contributed by atoms with Gasteiger partial charge in [-0.05, 0) is 30.4 Å². The van der Waals surface area contributed by atoms with Gasteiger partial charge in [0.1, 0.15) is 0 Å². The second-order valence-corrected chi connectivity index (χ2v) is 8.80. The van der Waals surface area contributed by atoms with Crippen LogP contribution in [0, 0.1) is 19.1 Å². The average Bonchev–Trinajstić information content (AvgIpc) is 2.74. The van der Waals surface area contributed by atoms with Gasteiger partial charge in [0.05, 0.1) is 0 Å². The SMILES string of the molecule is Cc1cc[c-]c(-c2[c-]cc3c4c2Cc2cccc5c2B4c2c(cccc2C3)C5)c1.[Li+]. The maximum atomic E-state index is 3.67. The Morgan fingerprint density at radius 2 is 1.37 bits per heavy atom. The van der Waals surface area contributed by atoms with Crippen LogP contribution >= 0.6 is 0 Å². The van der Waals surface area contributed by atoms with Crippen molar-refractivity contribution in [3.8, 4) is 11.1 Å². The number of hydrogen-bond acceptors (Lipinski definition) is 0. The predicted molar refractivity (Wildman–Crippen MR) is 120 cm³/mol. The molecule has 0 unspecified atom stereocenters. The van der Waals surface area contributed by atoms with Crippen molar-refractivity contribution in [3.63, 3.8) is 0 Å². The van der Waals surface area contributed by atoms with Gasteiger partial charge < -0.3 is 0 Å². The molecular formula is C28H19BLi-. The Labute approximate surface area is 190 Å². The summed E-state index contributed by atoms with van der Waals surface area (Å²) in [4.78, 5) is 0. The van der Waals surface area contributed by atoms with Crippen LogP contribution in [-0.4, -0.2) is 6.71 Å². The molecule has 0 N–H and O–H groups in total. The van der Waals surface area contributed by atoms with Gasteiger partial charge in [0.2, 0.25) is 6.71 Å². The second kappa shape index (κ2) is 6.52. The van der Waals surface area contributed by atoms with E-state index in [0.717, 1.165) is 19.3 Å². The van der Waals surface area contributed by atoms with Crippen molar-refractivity contribution in [2.75, 3.05) is 0 Å². The molecule has 136 valence electrons. The van der Waals surface area contributed by atoms with E-state index in [1.807, 2.05) is 6.07 Å². The molecule has 3 aliphatic heterocycles. The molecule has 4 aromatic carbocycles. The fourth-order valence-electron chi connectivity index (χ4n) is 6.03. The van der Waals surface area contributed by atoms with E-state index in [4.69, 9.17) is 0 Å². The molecule has 30 heavy (non-hydrogen) atoms. The number of hydrogen-bond donors (Lipinski definition) is 0. The Hall–Kier alpha value is -2.46. The topological polar surface area (TPSA) is 0 Å². The van der Waals surface area contributed by atoms with E-state index >= 15 is 0 Å². The smallest absolute Gasteiger partial charge is 0.226 e. The van der Waals surface area contributed by atoms with Gasteiger partial charge in [-0.1, -0.05) is 65.4 Å². The summed E-state index contributed by atoms with van der Waals surface area (Å²) in [5.74, 6) is 0. The van der Waals surface area contributed by atoms with Gasteiger partial charge in [-0.2, -0.15) is 41.4 Å². The summed E-state index contributed by atoms with van der Waals surface area (Å²) >= 11 is 0. The maximum Gasteiger partial charge on any atom is 1.00 e. The van der Waals surface area contributed by atoms with Crippen molar-refractivity contribution in [3.05, 3.63) is 112 Å². The molecule has 0 saturated carbocycles. The zero-order valence-electron chi connectivity index (χ0n) is 17.5. The van der Waals surface area contributed by atoms with E-state index in [1.165, 1.54) is 50.1 Å². The fraction of sp³-hybridized carbons (Fsp3) is 0.143. The molecule has 0 amide bonds. The van der Waals surface area contributed by atoms with Gasteiger partial charge in [0, 0.05) is 0 Å². The van der Waals surface area contributed by atoms with Crippen LogP contribution in [0.5, 0.6) is 0 Å². The molecule has 2 heteroatoms. The molecule has 0 bridgehead atoms. The third kappa shape index (κ3) is 2.37. The largest absolute Gasteiger partial charge is 1.00 e. The third-order valence-corrected chi connectivity index (χ3v) is 7.16. The molecule has 0 fully saturated rings. The molecule has 3 heterocycles. The zero-order valence-corrected chi connectivity index (χ0v) is 17.5. The molecule has 3 aliphatic rings. The van der Waals surface area contributed by atoms with Crippen LogP contribution in [0.15, 0.2) is 60.7 Å². The van der Waals surface area contributed by atoms with Crippen molar-refractivity contribution in [2.45, 2.75) is 26.2 Å². The molecule has 0 nitrogen and oxygen atoms in total. The Bertz CT molecular complexity index is 1320. The van der Waals surface area contributed by atoms with Crippen molar-refractivity contribution in [2.24, 2.45) is 0 Å². The van der Waals surface area contributed by atoms with Gasteiger partial charge >= 0.3 is 18.9 Å². The molecule has 0 saturated heterocycles. The molecule has 0 atom stereocenters. The first kappa shape index (κ1) is 18.3. The number of rotatable bonds is 1. The van der Waals surface area contributed by atoms with Crippen molar-refractivity contribution in [1.29, 1.82) is 0 Å². The first-order valence-corrected chi connectivity index (χ1v) is 10.5. The van der Waals surface area contributed by atoms with E-state index in [9.17, 15) is 0 Å². The molecule has 0 aliphatic carbocycles. The van der Waals surface area contributed by atoms with Crippen LogP contribution in [0.2, 0.25) is 0 Å². The van der Waals surface area contributed by atoms with Crippen LogP contribution < -0.4 is 35.2 Å². The van der Waals surface area contributed by atoms with E-state index in [1.54, 1.807) is 16.4 Å². The number of aryl methyl sites for hydroxylation is 1. The van der Waals surface area contributed by atoms with E-state index in [-0.39, 0.29) is 18.9 Å². The first-order valence-electron chi connectivity index (χ1n) is 10.5. The van der Waals surface area contributed by atoms with E-state index in [2.05, 4.69) is 73.7 Å². The Morgan fingerprint density at radius 1 is 0.733 bits per heavy atom. The summed E-state index contributed by atoms with van der Waals surface area (Å²) in [5.41, 5.74) is 17.4. The third-order valence-electron chi connectivity index (χ3n) is 7.16. The molecule has 0 aromatic heterocycles.